The maximum Gasteiger partial charge on any atom is 0.178 e. The van der Waals surface area contributed by atoms with E-state index in [1.54, 1.807) is 0 Å². The van der Waals surface area contributed by atoms with Gasteiger partial charge in [0.2, 0.25) is 0 Å². The number of aryl methyl sites for hydroxylation is 1. The van der Waals surface area contributed by atoms with E-state index in [1.807, 2.05) is 24.4 Å². The Bertz CT molecular complexity index is 599. The van der Waals surface area contributed by atoms with Gasteiger partial charge in [-0.2, -0.15) is 0 Å². The molecule has 1 aromatic heterocycles. The van der Waals surface area contributed by atoms with Crippen molar-refractivity contribution in [1.82, 2.24) is 9.55 Å². The first kappa shape index (κ1) is 10.6. The molecule has 0 saturated heterocycles. The van der Waals surface area contributed by atoms with E-state index in [0.29, 0.717) is 6.61 Å². The first-order valence-electron chi connectivity index (χ1n) is 5.81. The van der Waals surface area contributed by atoms with Gasteiger partial charge in [-0.15, -0.1) is 0 Å². The number of H-pyrrole nitrogens is 1. The number of hydrogen-bond donors (Lipinski definition) is 1. The summed E-state index contributed by atoms with van der Waals surface area (Å²) in [6, 6.07) is 8.37. The summed E-state index contributed by atoms with van der Waals surface area (Å²) in [7, 11) is 0. The Kier molecular flexibility index (Phi) is 2.52. The molecule has 0 aliphatic carbocycles. The number of nitrogens with zero attached hydrogens (tertiary/aromatic N) is 1. The Labute approximate surface area is 105 Å². The van der Waals surface area contributed by atoms with Crippen LogP contribution in [0.25, 0.3) is 0 Å². The lowest BCUT2D eigenvalue weighted by Gasteiger charge is -2.14. The van der Waals surface area contributed by atoms with Crippen molar-refractivity contribution in [3.05, 3.63) is 46.5 Å². The lowest BCUT2D eigenvalue weighted by Crippen LogP contribution is -2.14. The van der Waals surface area contributed by atoms with Crippen LogP contribution in [0.15, 0.2) is 30.5 Å². The zero-order chi connectivity index (χ0) is 11.8. The van der Waals surface area contributed by atoms with Gasteiger partial charge in [-0.05, 0) is 24.7 Å². The zero-order valence-corrected chi connectivity index (χ0v) is 10.5. The molecule has 1 aliphatic heterocycles. The van der Waals surface area contributed by atoms with Gasteiger partial charge in [-0.25, -0.2) is 0 Å². The van der Waals surface area contributed by atoms with E-state index >= 15 is 0 Å². The molecule has 0 amide bonds. The van der Waals surface area contributed by atoms with Crippen LogP contribution in [0.2, 0.25) is 0 Å². The van der Waals surface area contributed by atoms with Gasteiger partial charge in [-0.1, -0.05) is 25.1 Å². The minimum absolute atomic E-state index is 0.208. The SMILES string of the molecule is CCc1c[nH]c(=S)n1C1COc2ccccc21. The molecule has 2 aromatic rings. The van der Waals surface area contributed by atoms with Crippen molar-refractivity contribution in [2.24, 2.45) is 0 Å². The maximum absolute atomic E-state index is 5.71. The standard InChI is InChI=1S/C13H14N2OS/c1-2-9-7-14-13(17)15(9)11-8-16-12-6-4-3-5-10(11)12/h3-7,11H,2,8H2,1H3,(H,14,17). The minimum atomic E-state index is 0.208. The van der Waals surface area contributed by atoms with E-state index in [-0.39, 0.29) is 6.04 Å². The topological polar surface area (TPSA) is 29.9 Å². The fourth-order valence-corrected chi connectivity index (χ4v) is 2.69. The van der Waals surface area contributed by atoms with Crippen molar-refractivity contribution in [3.8, 4) is 5.75 Å². The molecule has 3 nitrogen and oxygen atoms in total. The van der Waals surface area contributed by atoms with Gasteiger partial charge in [0.05, 0.1) is 6.04 Å². The van der Waals surface area contributed by atoms with E-state index in [4.69, 9.17) is 17.0 Å². The Morgan fingerprint density at radius 1 is 1.47 bits per heavy atom. The van der Waals surface area contributed by atoms with Gasteiger partial charge in [0.1, 0.15) is 12.4 Å². The Morgan fingerprint density at radius 2 is 2.29 bits per heavy atom. The molecule has 0 fully saturated rings. The van der Waals surface area contributed by atoms with Gasteiger partial charge in [0.15, 0.2) is 4.77 Å². The Hall–Kier alpha value is -1.55. The normalized spacial score (nSPS) is 17.8. The van der Waals surface area contributed by atoms with Crippen LogP contribution in [0, 0.1) is 4.77 Å². The van der Waals surface area contributed by atoms with Gasteiger partial charge in [0.25, 0.3) is 0 Å². The summed E-state index contributed by atoms with van der Waals surface area (Å²) in [4.78, 5) is 3.12. The highest BCUT2D eigenvalue weighted by molar-refractivity contribution is 7.71. The fraction of sp³-hybridized carbons (Fsp3) is 0.308. The summed E-state index contributed by atoms with van der Waals surface area (Å²) in [5, 5.41) is 0. The highest BCUT2D eigenvalue weighted by Crippen LogP contribution is 2.35. The van der Waals surface area contributed by atoms with Crippen LogP contribution in [-0.4, -0.2) is 16.2 Å². The molecule has 0 spiro atoms. The number of para-hydroxylation sites is 1. The predicted molar refractivity (Wildman–Crippen MR) is 69.1 cm³/mol. The van der Waals surface area contributed by atoms with Crippen LogP contribution in [-0.2, 0) is 6.42 Å². The fourth-order valence-electron chi connectivity index (χ4n) is 2.39. The van der Waals surface area contributed by atoms with E-state index in [9.17, 15) is 0 Å². The van der Waals surface area contributed by atoms with Crippen molar-refractivity contribution >= 4 is 12.2 Å². The van der Waals surface area contributed by atoms with E-state index < -0.39 is 0 Å². The first-order chi connectivity index (χ1) is 8.31. The van der Waals surface area contributed by atoms with Crippen molar-refractivity contribution in [2.75, 3.05) is 6.61 Å². The number of hydrogen-bond acceptors (Lipinski definition) is 2. The molecule has 1 aliphatic rings. The highest BCUT2D eigenvalue weighted by atomic mass is 32.1. The molecular formula is C13H14N2OS. The summed E-state index contributed by atoms with van der Waals surface area (Å²) in [5.41, 5.74) is 2.44. The quantitative estimate of drug-likeness (QED) is 0.825. The van der Waals surface area contributed by atoms with Gasteiger partial charge in [-0.3, -0.25) is 0 Å². The van der Waals surface area contributed by atoms with Gasteiger partial charge in [0, 0.05) is 17.5 Å². The minimum Gasteiger partial charge on any atom is -0.491 e. The second kappa shape index (κ2) is 4.04. The molecule has 4 heteroatoms. The average molecular weight is 246 g/mol. The average Bonchev–Trinajstić information content (AvgIpc) is 2.92. The third kappa shape index (κ3) is 1.60. The molecule has 2 heterocycles. The lowest BCUT2D eigenvalue weighted by atomic mass is 10.1. The molecule has 3 rings (SSSR count). The maximum atomic E-state index is 5.71. The number of aromatic amines is 1. The molecule has 1 N–H and O–H groups in total. The van der Waals surface area contributed by atoms with Crippen LogP contribution < -0.4 is 4.74 Å². The van der Waals surface area contributed by atoms with Crippen molar-refractivity contribution < 1.29 is 4.74 Å². The second-order valence-electron chi connectivity index (χ2n) is 4.17. The smallest absolute Gasteiger partial charge is 0.178 e. The molecule has 1 unspecified atom stereocenters. The molecular weight excluding hydrogens is 232 g/mol. The van der Waals surface area contributed by atoms with Crippen molar-refractivity contribution in [3.63, 3.8) is 0 Å². The summed E-state index contributed by atoms with van der Waals surface area (Å²) in [6.07, 6.45) is 2.95. The van der Waals surface area contributed by atoms with Crippen LogP contribution >= 0.6 is 12.2 Å². The number of benzene rings is 1. The number of rotatable bonds is 2. The largest absolute Gasteiger partial charge is 0.491 e. The van der Waals surface area contributed by atoms with Crippen LogP contribution in [0.3, 0.4) is 0 Å². The van der Waals surface area contributed by atoms with E-state index in [2.05, 4.69) is 22.5 Å². The molecule has 0 saturated carbocycles. The van der Waals surface area contributed by atoms with Gasteiger partial charge < -0.3 is 14.3 Å². The second-order valence-corrected chi connectivity index (χ2v) is 4.56. The summed E-state index contributed by atoms with van der Waals surface area (Å²) >= 11 is 5.36. The van der Waals surface area contributed by atoms with Crippen molar-refractivity contribution in [1.29, 1.82) is 0 Å². The van der Waals surface area contributed by atoms with Crippen LogP contribution in [0.1, 0.15) is 24.2 Å². The number of nitrogens with one attached hydrogen (secondary N) is 1. The molecule has 1 atom stereocenters. The number of aromatic nitrogens is 2. The zero-order valence-electron chi connectivity index (χ0n) is 9.64. The highest BCUT2D eigenvalue weighted by Gasteiger charge is 2.26. The summed E-state index contributed by atoms with van der Waals surface area (Å²) in [5.74, 6) is 0.975. The number of imidazole rings is 1. The first-order valence-corrected chi connectivity index (χ1v) is 6.22. The van der Waals surface area contributed by atoms with E-state index in [1.165, 1.54) is 11.3 Å². The molecule has 1 aromatic carbocycles. The number of fused-ring (bicyclic) bond motifs is 1. The monoisotopic (exact) mass is 246 g/mol. The summed E-state index contributed by atoms with van der Waals surface area (Å²) < 4.78 is 8.65. The molecule has 0 radical (unpaired) electrons. The number of ether oxygens (including phenoxy) is 1. The molecule has 0 bridgehead atoms. The lowest BCUT2D eigenvalue weighted by molar-refractivity contribution is 0.313. The molecule has 88 valence electrons. The Morgan fingerprint density at radius 3 is 3.12 bits per heavy atom. The Balaban J connectivity index is 2.13. The van der Waals surface area contributed by atoms with Crippen LogP contribution in [0.5, 0.6) is 5.75 Å². The van der Waals surface area contributed by atoms with Crippen LogP contribution in [0.4, 0.5) is 0 Å². The molecule has 17 heavy (non-hydrogen) atoms. The van der Waals surface area contributed by atoms with Gasteiger partial charge >= 0.3 is 0 Å². The predicted octanol–water partition coefficient (Wildman–Crippen LogP) is 3.09. The third-order valence-corrected chi connectivity index (χ3v) is 3.55. The third-order valence-electron chi connectivity index (χ3n) is 3.24. The summed E-state index contributed by atoms with van der Waals surface area (Å²) in [6.45, 7) is 2.80. The van der Waals surface area contributed by atoms with E-state index in [0.717, 1.165) is 16.9 Å². The van der Waals surface area contributed by atoms with Crippen molar-refractivity contribution in [2.45, 2.75) is 19.4 Å².